The van der Waals surface area contributed by atoms with Gasteiger partial charge in [-0.05, 0) is 68.6 Å². The largest absolute Gasteiger partial charge is 0.337 e. The van der Waals surface area contributed by atoms with Gasteiger partial charge in [0.05, 0.1) is 0 Å². The molecule has 0 saturated carbocycles. The highest BCUT2D eigenvalue weighted by molar-refractivity contribution is 6.05. The Kier molecular flexibility index (Phi) is 7.10. The highest BCUT2D eigenvalue weighted by Gasteiger charge is 2.29. The lowest BCUT2D eigenvalue weighted by molar-refractivity contribution is -0.129. The second-order valence-corrected chi connectivity index (χ2v) is 8.28. The van der Waals surface area contributed by atoms with Crippen molar-refractivity contribution in [1.29, 1.82) is 0 Å². The van der Waals surface area contributed by atoms with Crippen molar-refractivity contribution in [2.75, 3.05) is 26.2 Å². The highest BCUT2D eigenvalue weighted by Crippen LogP contribution is 2.22. The number of pyridine rings is 1. The summed E-state index contributed by atoms with van der Waals surface area (Å²) in [4.78, 5) is 34.7. The molecule has 2 saturated heterocycles. The van der Waals surface area contributed by atoms with Gasteiger partial charge in [-0.3, -0.25) is 14.6 Å². The Hall–Kier alpha value is -2.99. The van der Waals surface area contributed by atoms with E-state index in [-0.39, 0.29) is 11.8 Å². The molecule has 0 aliphatic carbocycles. The summed E-state index contributed by atoms with van der Waals surface area (Å²) in [6, 6.07) is 13.2. The smallest absolute Gasteiger partial charge is 0.270 e. The number of rotatable bonds is 5. The maximum absolute atomic E-state index is 13.4. The van der Waals surface area contributed by atoms with Crippen molar-refractivity contribution in [2.24, 2.45) is 0 Å². The maximum atomic E-state index is 13.4. The number of nitrogens with zero attached hydrogens (tertiary/aromatic N) is 3. The van der Waals surface area contributed by atoms with E-state index < -0.39 is 0 Å². The second kappa shape index (κ2) is 10.4. The average Bonchev–Trinajstić information content (AvgIpc) is 2.85. The summed E-state index contributed by atoms with van der Waals surface area (Å²) >= 11 is 0. The Balaban J connectivity index is 1.46. The molecule has 6 heteroatoms. The first-order chi connectivity index (χ1) is 15.2. The van der Waals surface area contributed by atoms with Crippen LogP contribution in [0.5, 0.6) is 0 Å². The van der Waals surface area contributed by atoms with Crippen molar-refractivity contribution in [2.45, 2.75) is 38.1 Å². The number of carbonyl (C=O) groups is 2. The number of aromatic nitrogens is 1. The Bertz CT molecular complexity index is 900. The number of benzene rings is 1. The SMILES string of the molecule is O=C(N/C(=C\c1cccnc1)C(=O)N1CCC(N2CCCCC2)CC1)c1ccccc1. The summed E-state index contributed by atoms with van der Waals surface area (Å²) in [6.07, 6.45) is 10.9. The normalized spacial score (nSPS) is 18.6. The van der Waals surface area contributed by atoms with E-state index in [0.717, 1.165) is 18.4 Å². The van der Waals surface area contributed by atoms with Crippen LogP contribution in [-0.4, -0.2) is 58.8 Å². The molecule has 2 aliphatic heterocycles. The summed E-state index contributed by atoms with van der Waals surface area (Å²) in [5.74, 6) is -0.419. The van der Waals surface area contributed by atoms with Crippen LogP contribution in [-0.2, 0) is 4.79 Å². The number of carbonyl (C=O) groups excluding carboxylic acids is 2. The molecule has 31 heavy (non-hydrogen) atoms. The number of hydrogen-bond donors (Lipinski definition) is 1. The van der Waals surface area contributed by atoms with Crippen LogP contribution in [0.3, 0.4) is 0 Å². The summed E-state index contributed by atoms with van der Waals surface area (Å²) in [6.45, 7) is 3.78. The van der Waals surface area contributed by atoms with Crippen LogP contribution in [0.4, 0.5) is 0 Å². The lowest BCUT2D eigenvalue weighted by Gasteiger charge is -2.40. The van der Waals surface area contributed by atoms with Crippen LogP contribution in [0.15, 0.2) is 60.6 Å². The minimum atomic E-state index is -0.285. The van der Waals surface area contributed by atoms with Gasteiger partial charge >= 0.3 is 0 Å². The van der Waals surface area contributed by atoms with Gasteiger partial charge in [0, 0.05) is 37.1 Å². The molecular weight excluding hydrogens is 388 g/mol. The van der Waals surface area contributed by atoms with E-state index in [1.165, 1.54) is 32.4 Å². The van der Waals surface area contributed by atoms with Gasteiger partial charge in [0.25, 0.3) is 11.8 Å². The van der Waals surface area contributed by atoms with Crippen molar-refractivity contribution < 1.29 is 9.59 Å². The Morgan fingerprint density at radius 1 is 0.935 bits per heavy atom. The first-order valence-electron chi connectivity index (χ1n) is 11.2. The summed E-state index contributed by atoms with van der Waals surface area (Å²) in [7, 11) is 0. The van der Waals surface area contributed by atoms with E-state index in [9.17, 15) is 9.59 Å². The molecule has 3 heterocycles. The monoisotopic (exact) mass is 418 g/mol. The zero-order valence-electron chi connectivity index (χ0n) is 17.9. The lowest BCUT2D eigenvalue weighted by atomic mass is 9.99. The summed E-state index contributed by atoms with van der Waals surface area (Å²) in [5.41, 5.74) is 1.59. The molecule has 2 amide bonds. The number of nitrogens with one attached hydrogen (secondary N) is 1. The fourth-order valence-corrected chi connectivity index (χ4v) is 4.45. The minimum absolute atomic E-state index is 0.134. The van der Waals surface area contributed by atoms with Crippen molar-refractivity contribution in [3.8, 4) is 0 Å². The van der Waals surface area contributed by atoms with Crippen LogP contribution >= 0.6 is 0 Å². The third-order valence-electron chi connectivity index (χ3n) is 6.17. The van der Waals surface area contributed by atoms with Gasteiger partial charge in [-0.15, -0.1) is 0 Å². The molecule has 0 spiro atoms. The molecule has 2 fully saturated rings. The first-order valence-corrected chi connectivity index (χ1v) is 11.2. The van der Waals surface area contributed by atoms with Gasteiger partial charge in [-0.1, -0.05) is 30.7 Å². The average molecular weight is 419 g/mol. The quantitative estimate of drug-likeness (QED) is 0.757. The van der Waals surface area contributed by atoms with E-state index in [2.05, 4.69) is 15.2 Å². The molecule has 1 aromatic heterocycles. The molecule has 4 rings (SSSR count). The molecule has 0 bridgehead atoms. The Morgan fingerprint density at radius 2 is 1.68 bits per heavy atom. The van der Waals surface area contributed by atoms with Crippen molar-refractivity contribution in [1.82, 2.24) is 20.1 Å². The van der Waals surface area contributed by atoms with E-state index in [4.69, 9.17) is 0 Å². The first kappa shape index (κ1) is 21.2. The molecule has 0 unspecified atom stereocenters. The molecule has 1 N–H and O–H groups in total. The van der Waals surface area contributed by atoms with Crippen molar-refractivity contribution in [3.05, 3.63) is 71.7 Å². The van der Waals surface area contributed by atoms with Gasteiger partial charge in [0.15, 0.2) is 0 Å². The highest BCUT2D eigenvalue weighted by atomic mass is 16.2. The zero-order chi connectivity index (χ0) is 21.5. The predicted molar refractivity (Wildman–Crippen MR) is 121 cm³/mol. The Morgan fingerprint density at radius 3 is 2.35 bits per heavy atom. The van der Waals surface area contributed by atoms with Crippen LogP contribution in [0.2, 0.25) is 0 Å². The Labute approximate surface area is 184 Å². The molecule has 0 atom stereocenters. The van der Waals surface area contributed by atoms with E-state index in [1.54, 1.807) is 30.6 Å². The molecular formula is C25H30N4O2. The van der Waals surface area contributed by atoms with Crippen LogP contribution in [0.1, 0.15) is 48.0 Å². The van der Waals surface area contributed by atoms with Crippen LogP contribution in [0.25, 0.3) is 6.08 Å². The topological polar surface area (TPSA) is 65.5 Å². The van der Waals surface area contributed by atoms with E-state index in [0.29, 0.717) is 30.4 Å². The second-order valence-electron chi connectivity index (χ2n) is 8.28. The van der Waals surface area contributed by atoms with E-state index >= 15 is 0 Å². The van der Waals surface area contributed by atoms with Crippen LogP contribution in [0, 0.1) is 0 Å². The molecule has 2 aromatic rings. The third-order valence-corrected chi connectivity index (χ3v) is 6.17. The summed E-state index contributed by atoms with van der Waals surface area (Å²) in [5, 5.41) is 2.85. The minimum Gasteiger partial charge on any atom is -0.337 e. The van der Waals surface area contributed by atoms with Gasteiger partial charge in [-0.25, -0.2) is 0 Å². The van der Waals surface area contributed by atoms with Gasteiger partial charge in [-0.2, -0.15) is 0 Å². The van der Waals surface area contributed by atoms with Gasteiger partial charge in [0.2, 0.25) is 0 Å². The fourth-order valence-electron chi connectivity index (χ4n) is 4.45. The lowest BCUT2D eigenvalue weighted by Crippen LogP contribution is -2.49. The number of piperidine rings is 2. The zero-order valence-corrected chi connectivity index (χ0v) is 17.9. The van der Waals surface area contributed by atoms with Gasteiger partial charge in [0.1, 0.15) is 5.70 Å². The number of hydrogen-bond acceptors (Lipinski definition) is 4. The maximum Gasteiger partial charge on any atom is 0.270 e. The number of amides is 2. The number of likely N-dealkylation sites (tertiary alicyclic amines) is 2. The molecule has 6 nitrogen and oxygen atoms in total. The third kappa shape index (κ3) is 5.58. The predicted octanol–water partition coefficient (Wildman–Crippen LogP) is 3.33. The molecule has 162 valence electrons. The van der Waals surface area contributed by atoms with Crippen molar-refractivity contribution >= 4 is 17.9 Å². The standard InChI is InChI=1S/C25H30N4O2/c30-24(21-9-3-1-4-10-21)27-23(18-20-8-7-13-26-19-20)25(31)29-16-11-22(12-17-29)28-14-5-2-6-15-28/h1,3-4,7-10,13,18-19,22H,2,5-6,11-12,14-17H2,(H,27,30)/b23-18-. The van der Waals surface area contributed by atoms with Crippen LogP contribution < -0.4 is 5.32 Å². The fraction of sp³-hybridized carbons (Fsp3) is 0.400. The van der Waals surface area contributed by atoms with Crippen molar-refractivity contribution in [3.63, 3.8) is 0 Å². The molecule has 2 aliphatic rings. The summed E-state index contributed by atoms with van der Waals surface area (Å²) < 4.78 is 0. The van der Waals surface area contributed by atoms with Gasteiger partial charge < -0.3 is 15.1 Å². The molecule has 1 aromatic carbocycles. The molecule has 0 radical (unpaired) electrons. The van der Waals surface area contributed by atoms with E-state index in [1.807, 2.05) is 35.2 Å².